The van der Waals surface area contributed by atoms with Crippen LogP contribution in [0.5, 0.6) is 11.6 Å². The van der Waals surface area contributed by atoms with E-state index in [1.807, 2.05) is 24.3 Å². The van der Waals surface area contributed by atoms with E-state index in [0.29, 0.717) is 12.4 Å². The molecule has 0 radical (unpaired) electrons. The summed E-state index contributed by atoms with van der Waals surface area (Å²) in [6.07, 6.45) is 1.60. The second kappa shape index (κ2) is 4.52. The molecule has 1 heterocycles. The van der Waals surface area contributed by atoms with Crippen molar-refractivity contribution in [2.75, 3.05) is 0 Å². The first-order valence-corrected chi connectivity index (χ1v) is 4.63. The molecule has 1 aromatic heterocycles. The highest BCUT2D eigenvalue weighted by molar-refractivity contribution is 5.35. The minimum absolute atomic E-state index is 0.441. The number of hydrogen-bond acceptors (Lipinski definition) is 4. The van der Waals surface area contributed by atoms with Crippen LogP contribution in [0.15, 0.2) is 42.6 Å². The van der Waals surface area contributed by atoms with Crippen LogP contribution in [-0.4, -0.2) is 10.2 Å². The zero-order valence-corrected chi connectivity index (χ0v) is 8.13. The van der Waals surface area contributed by atoms with Crippen molar-refractivity contribution in [1.29, 1.82) is 0 Å². The SMILES string of the molecule is NCc1ccccc1Oc1cccnn1. The molecule has 0 fully saturated rings. The number of ether oxygens (including phenoxy) is 1. The van der Waals surface area contributed by atoms with Gasteiger partial charge in [-0.15, -0.1) is 5.10 Å². The summed E-state index contributed by atoms with van der Waals surface area (Å²) in [4.78, 5) is 0. The van der Waals surface area contributed by atoms with Gasteiger partial charge in [0, 0.05) is 24.4 Å². The summed E-state index contributed by atoms with van der Waals surface area (Å²) in [5.41, 5.74) is 6.54. The monoisotopic (exact) mass is 201 g/mol. The summed E-state index contributed by atoms with van der Waals surface area (Å²) in [7, 11) is 0. The van der Waals surface area contributed by atoms with Crippen molar-refractivity contribution in [3.63, 3.8) is 0 Å². The van der Waals surface area contributed by atoms with Gasteiger partial charge in [-0.1, -0.05) is 18.2 Å². The Morgan fingerprint density at radius 2 is 2.00 bits per heavy atom. The number of aromatic nitrogens is 2. The lowest BCUT2D eigenvalue weighted by atomic mass is 10.2. The molecule has 0 bridgehead atoms. The molecule has 0 unspecified atom stereocenters. The van der Waals surface area contributed by atoms with Crippen LogP contribution >= 0.6 is 0 Å². The number of benzene rings is 1. The molecule has 2 N–H and O–H groups in total. The Morgan fingerprint density at radius 3 is 2.73 bits per heavy atom. The predicted molar refractivity (Wildman–Crippen MR) is 56.4 cm³/mol. The lowest BCUT2D eigenvalue weighted by Crippen LogP contribution is -1.99. The Bertz CT molecular complexity index is 431. The van der Waals surface area contributed by atoms with Gasteiger partial charge >= 0.3 is 0 Å². The van der Waals surface area contributed by atoms with E-state index in [-0.39, 0.29) is 0 Å². The summed E-state index contributed by atoms with van der Waals surface area (Å²) in [6, 6.07) is 11.1. The van der Waals surface area contributed by atoms with E-state index in [2.05, 4.69) is 10.2 Å². The topological polar surface area (TPSA) is 61.0 Å². The highest BCUT2D eigenvalue weighted by atomic mass is 16.5. The summed E-state index contributed by atoms with van der Waals surface area (Å²) in [6.45, 7) is 0.441. The molecule has 15 heavy (non-hydrogen) atoms. The van der Waals surface area contributed by atoms with Crippen LogP contribution in [0.1, 0.15) is 5.56 Å². The van der Waals surface area contributed by atoms with Gasteiger partial charge in [0.15, 0.2) is 0 Å². The number of rotatable bonds is 3. The van der Waals surface area contributed by atoms with Crippen LogP contribution in [0.25, 0.3) is 0 Å². The Labute approximate surface area is 87.7 Å². The van der Waals surface area contributed by atoms with Gasteiger partial charge in [-0.3, -0.25) is 0 Å². The quantitative estimate of drug-likeness (QED) is 0.821. The van der Waals surface area contributed by atoms with E-state index < -0.39 is 0 Å². The third-order valence-corrected chi connectivity index (χ3v) is 1.95. The Kier molecular flexibility index (Phi) is 2.90. The molecule has 0 amide bonds. The molecule has 2 aromatic rings. The van der Waals surface area contributed by atoms with Crippen molar-refractivity contribution < 1.29 is 4.74 Å². The molecule has 0 saturated carbocycles. The molecular weight excluding hydrogens is 190 g/mol. The summed E-state index contributed by atoms with van der Waals surface area (Å²) >= 11 is 0. The molecule has 1 aromatic carbocycles. The van der Waals surface area contributed by atoms with Crippen LogP contribution in [0.2, 0.25) is 0 Å². The smallest absolute Gasteiger partial charge is 0.238 e. The average molecular weight is 201 g/mol. The molecule has 76 valence electrons. The highest BCUT2D eigenvalue weighted by Gasteiger charge is 2.02. The zero-order chi connectivity index (χ0) is 10.5. The van der Waals surface area contributed by atoms with Crippen LogP contribution in [-0.2, 0) is 6.54 Å². The number of para-hydroxylation sites is 1. The third-order valence-electron chi connectivity index (χ3n) is 1.95. The van der Waals surface area contributed by atoms with Crippen molar-refractivity contribution >= 4 is 0 Å². The van der Waals surface area contributed by atoms with Gasteiger partial charge in [0.2, 0.25) is 5.88 Å². The number of hydrogen-bond donors (Lipinski definition) is 1. The molecule has 2 rings (SSSR count). The molecule has 0 aliphatic heterocycles. The fourth-order valence-electron chi connectivity index (χ4n) is 1.23. The van der Waals surface area contributed by atoms with Crippen molar-refractivity contribution in [1.82, 2.24) is 10.2 Å². The van der Waals surface area contributed by atoms with Crippen LogP contribution in [0, 0.1) is 0 Å². The second-order valence-corrected chi connectivity index (χ2v) is 2.98. The minimum atomic E-state index is 0.441. The Balaban J connectivity index is 2.24. The molecule has 4 nitrogen and oxygen atoms in total. The first-order chi connectivity index (χ1) is 7.40. The molecule has 0 aliphatic carbocycles. The summed E-state index contributed by atoms with van der Waals surface area (Å²) in [5, 5.41) is 7.57. The van der Waals surface area contributed by atoms with E-state index in [1.54, 1.807) is 18.3 Å². The summed E-state index contributed by atoms with van der Waals surface area (Å²) in [5.74, 6) is 1.19. The van der Waals surface area contributed by atoms with Crippen LogP contribution in [0.4, 0.5) is 0 Å². The van der Waals surface area contributed by atoms with Gasteiger partial charge in [-0.25, -0.2) is 0 Å². The van der Waals surface area contributed by atoms with Gasteiger partial charge in [-0.2, -0.15) is 5.10 Å². The molecule has 0 aliphatic rings. The van der Waals surface area contributed by atoms with E-state index >= 15 is 0 Å². The van der Waals surface area contributed by atoms with Crippen molar-refractivity contribution in [3.8, 4) is 11.6 Å². The number of nitrogens with zero attached hydrogens (tertiary/aromatic N) is 2. The number of nitrogens with two attached hydrogens (primary N) is 1. The maximum atomic E-state index is 5.59. The maximum absolute atomic E-state index is 5.59. The highest BCUT2D eigenvalue weighted by Crippen LogP contribution is 2.22. The average Bonchev–Trinajstić information content (AvgIpc) is 2.31. The second-order valence-electron chi connectivity index (χ2n) is 2.98. The fraction of sp³-hybridized carbons (Fsp3) is 0.0909. The van der Waals surface area contributed by atoms with E-state index in [4.69, 9.17) is 10.5 Å². The Hall–Kier alpha value is -1.94. The molecule has 0 saturated heterocycles. The van der Waals surface area contributed by atoms with Crippen molar-refractivity contribution in [2.24, 2.45) is 5.73 Å². The lowest BCUT2D eigenvalue weighted by Gasteiger charge is -2.07. The Morgan fingerprint density at radius 1 is 1.13 bits per heavy atom. The van der Waals surface area contributed by atoms with E-state index in [9.17, 15) is 0 Å². The van der Waals surface area contributed by atoms with Gasteiger partial charge < -0.3 is 10.5 Å². The lowest BCUT2D eigenvalue weighted by molar-refractivity contribution is 0.450. The van der Waals surface area contributed by atoms with Gasteiger partial charge in [0.1, 0.15) is 5.75 Å². The van der Waals surface area contributed by atoms with Gasteiger partial charge in [0.05, 0.1) is 0 Å². The fourth-order valence-corrected chi connectivity index (χ4v) is 1.23. The third kappa shape index (κ3) is 2.30. The van der Waals surface area contributed by atoms with Crippen molar-refractivity contribution in [3.05, 3.63) is 48.2 Å². The normalized spacial score (nSPS) is 9.93. The first kappa shape index (κ1) is 9.61. The van der Waals surface area contributed by atoms with Gasteiger partial charge in [-0.05, 0) is 12.1 Å². The van der Waals surface area contributed by atoms with Crippen molar-refractivity contribution in [2.45, 2.75) is 6.54 Å². The largest absolute Gasteiger partial charge is 0.437 e. The molecular formula is C11H11N3O. The van der Waals surface area contributed by atoms with Crippen LogP contribution in [0.3, 0.4) is 0 Å². The molecule has 4 heteroatoms. The predicted octanol–water partition coefficient (Wildman–Crippen LogP) is 1.73. The standard InChI is InChI=1S/C11H11N3O/c12-8-9-4-1-2-5-10(9)15-11-6-3-7-13-14-11/h1-7H,8,12H2. The van der Waals surface area contributed by atoms with Gasteiger partial charge in [0.25, 0.3) is 0 Å². The zero-order valence-electron chi connectivity index (χ0n) is 8.13. The van der Waals surface area contributed by atoms with E-state index in [1.165, 1.54) is 0 Å². The first-order valence-electron chi connectivity index (χ1n) is 4.63. The van der Waals surface area contributed by atoms with Crippen LogP contribution < -0.4 is 10.5 Å². The summed E-state index contributed by atoms with van der Waals surface area (Å²) < 4.78 is 5.55. The minimum Gasteiger partial charge on any atom is -0.437 e. The molecule has 0 atom stereocenters. The van der Waals surface area contributed by atoms with E-state index in [0.717, 1.165) is 11.3 Å². The maximum Gasteiger partial charge on any atom is 0.238 e. The molecule has 0 spiro atoms.